The van der Waals surface area contributed by atoms with Crippen molar-refractivity contribution in [3.63, 3.8) is 0 Å². The maximum atomic E-state index is 12.5. The Morgan fingerprint density at radius 1 is 1.24 bits per heavy atom. The molecule has 0 radical (unpaired) electrons. The average molecular weight is 306 g/mol. The zero-order valence-electron chi connectivity index (χ0n) is 11.1. The number of carbonyl (C=O) groups is 1. The molecule has 0 aliphatic heterocycles. The number of pyridine rings is 1. The minimum atomic E-state index is -3.94. The quantitative estimate of drug-likeness (QED) is 0.892. The summed E-state index contributed by atoms with van der Waals surface area (Å²) in [6.45, 7) is 0. The van der Waals surface area contributed by atoms with Gasteiger partial charge in [-0.25, -0.2) is 8.42 Å². The maximum absolute atomic E-state index is 12.5. The monoisotopic (exact) mass is 306 g/mol. The first kappa shape index (κ1) is 14.0. The fraction of sp³-hybridized carbons (Fsp3) is 0.286. The summed E-state index contributed by atoms with van der Waals surface area (Å²) in [6, 6.07) is 8.30. The number of carboxylic acid groups (broad SMARTS) is 1. The van der Waals surface area contributed by atoms with Crippen LogP contribution in [0.4, 0.5) is 0 Å². The van der Waals surface area contributed by atoms with Gasteiger partial charge in [0.1, 0.15) is 10.4 Å². The predicted octanol–water partition coefficient (Wildman–Crippen LogP) is 1.52. The van der Waals surface area contributed by atoms with Crippen LogP contribution in [0.1, 0.15) is 19.3 Å². The molecule has 0 bridgehead atoms. The van der Waals surface area contributed by atoms with Crippen LogP contribution in [0.25, 0.3) is 10.9 Å². The Balaban J connectivity index is 2.07. The Bertz CT molecular complexity index is 807. The lowest BCUT2D eigenvalue weighted by Crippen LogP contribution is -2.58. The van der Waals surface area contributed by atoms with E-state index in [4.69, 9.17) is 0 Å². The molecule has 1 aliphatic carbocycles. The lowest BCUT2D eigenvalue weighted by Gasteiger charge is -2.37. The van der Waals surface area contributed by atoms with Gasteiger partial charge in [-0.3, -0.25) is 9.78 Å². The molecule has 0 saturated heterocycles. The number of sulfonamides is 1. The third-order valence-electron chi connectivity index (χ3n) is 3.83. The van der Waals surface area contributed by atoms with Gasteiger partial charge in [-0.2, -0.15) is 4.72 Å². The van der Waals surface area contributed by atoms with Crippen LogP contribution >= 0.6 is 0 Å². The highest BCUT2D eigenvalue weighted by Crippen LogP contribution is 2.34. The van der Waals surface area contributed by atoms with Crippen molar-refractivity contribution in [3.8, 4) is 0 Å². The number of aliphatic carboxylic acids is 1. The molecule has 6 nitrogen and oxygen atoms in total. The van der Waals surface area contributed by atoms with E-state index in [-0.39, 0.29) is 4.90 Å². The van der Waals surface area contributed by atoms with Gasteiger partial charge in [-0.1, -0.05) is 18.2 Å². The summed E-state index contributed by atoms with van der Waals surface area (Å²) in [5.74, 6) is -1.13. The van der Waals surface area contributed by atoms with E-state index in [0.717, 1.165) is 0 Å². The standard InChI is InChI=1S/C14H14N2O4S/c17-13(18)14(7-3-8-14)16-21(19,20)11-6-1-4-10-5-2-9-15-12(10)11/h1-2,4-6,9,16H,3,7-8H2,(H,17,18). The Kier molecular flexibility index (Phi) is 3.18. The second kappa shape index (κ2) is 4.78. The normalized spacial score (nSPS) is 17.3. The van der Waals surface area contributed by atoms with Crippen molar-refractivity contribution < 1.29 is 18.3 Å². The van der Waals surface area contributed by atoms with Gasteiger partial charge >= 0.3 is 5.97 Å². The van der Waals surface area contributed by atoms with Crippen molar-refractivity contribution in [3.05, 3.63) is 36.5 Å². The number of carboxylic acids is 1. The molecule has 1 aromatic carbocycles. The summed E-state index contributed by atoms with van der Waals surface area (Å²) in [5.41, 5.74) is -1.04. The summed E-state index contributed by atoms with van der Waals surface area (Å²) in [5, 5.41) is 9.96. The third kappa shape index (κ3) is 2.28. The van der Waals surface area contributed by atoms with Gasteiger partial charge in [-0.05, 0) is 31.4 Å². The second-order valence-corrected chi connectivity index (χ2v) is 6.83. The Hall–Kier alpha value is -1.99. The molecule has 21 heavy (non-hydrogen) atoms. The molecular weight excluding hydrogens is 292 g/mol. The van der Waals surface area contributed by atoms with E-state index in [1.165, 1.54) is 12.3 Å². The van der Waals surface area contributed by atoms with Crippen molar-refractivity contribution in [2.75, 3.05) is 0 Å². The lowest BCUT2D eigenvalue weighted by molar-refractivity contribution is -0.147. The number of nitrogens with zero attached hydrogens (tertiary/aromatic N) is 1. The second-order valence-electron chi connectivity index (χ2n) is 5.18. The first-order chi connectivity index (χ1) is 9.95. The summed E-state index contributed by atoms with van der Waals surface area (Å²) in [6.07, 6.45) is 2.82. The third-order valence-corrected chi connectivity index (χ3v) is 5.40. The molecule has 0 atom stereocenters. The van der Waals surface area contributed by atoms with Crippen LogP contribution in [0.5, 0.6) is 0 Å². The molecule has 2 aromatic rings. The van der Waals surface area contributed by atoms with Crippen molar-refractivity contribution in [2.24, 2.45) is 0 Å². The van der Waals surface area contributed by atoms with E-state index >= 15 is 0 Å². The first-order valence-electron chi connectivity index (χ1n) is 6.56. The van der Waals surface area contributed by atoms with Crippen LogP contribution in [-0.4, -0.2) is 30.0 Å². The molecule has 1 heterocycles. The number of hydrogen-bond donors (Lipinski definition) is 2. The van der Waals surface area contributed by atoms with Crippen molar-refractivity contribution in [1.29, 1.82) is 0 Å². The molecule has 0 unspecified atom stereocenters. The van der Waals surface area contributed by atoms with Crippen molar-refractivity contribution in [2.45, 2.75) is 29.7 Å². The number of para-hydroxylation sites is 1. The van der Waals surface area contributed by atoms with E-state index in [0.29, 0.717) is 30.2 Å². The first-order valence-corrected chi connectivity index (χ1v) is 8.04. The van der Waals surface area contributed by atoms with Gasteiger partial charge in [0, 0.05) is 11.6 Å². The summed E-state index contributed by atoms with van der Waals surface area (Å²) >= 11 is 0. The van der Waals surface area contributed by atoms with Gasteiger partial charge < -0.3 is 5.11 Å². The van der Waals surface area contributed by atoms with Crippen LogP contribution in [0.2, 0.25) is 0 Å². The van der Waals surface area contributed by atoms with E-state index in [1.54, 1.807) is 24.3 Å². The summed E-state index contributed by atoms with van der Waals surface area (Å²) < 4.78 is 27.4. The van der Waals surface area contributed by atoms with Crippen LogP contribution in [-0.2, 0) is 14.8 Å². The van der Waals surface area contributed by atoms with Gasteiger partial charge in [0.25, 0.3) is 0 Å². The molecule has 1 saturated carbocycles. The molecule has 110 valence electrons. The largest absolute Gasteiger partial charge is 0.480 e. The fourth-order valence-electron chi connectivity index (χ4n) is 2.50. The molecule has 3 rings (SSSR count). The van der Waals surface area contributed by atoms with E-state index in [2.05, 4.69) is 9.71 Å². The molecular formula is C14H14N2O4S. The molecule has 1 aliphatic rings. The van der Waals surface area contributed by atoms with E-state index in [9.17, 15) is 18.3 Å². The fourth-order valence-corrected chi connectivity index (χ4v) is 4.09. The highest BCUT2D eigenvalue weighted by molar-refractivity contribution is 7.89. The SMILES string of the molecule is O=C(O)C1(NS(=O)(=O)c2cccc3cccnc23)CCC1. The number of rotatable bonds is 4. The number of nitrogens with one attached hydrogen (secondary N) is 1. The zero-order valence-corrected chi connectivity index (χ0v) is 11.9. The average Bonchev–Trinajstić information content (AvgIpc) is 2.42. The molecule has 1 fully saturated rings. The van der Waals surface area contributed by atoms with Crippen molar-refractivity contribution >= 4 is 26.9 Å². The van der Waals surface area contributed by atoms with Crippen LogP contribution < -0.4 is 4.72 Å². The van der Waals surface area contributed by atoms with E-state index in [1.807, 2.05) is 0 Å². The molecule has 0 spiro atoms. The minimum Gasteiger partial charge on any atom is -0.480 e. The topological polar surface area (TPSA) is 96.4 Å². The molecule has 2 N–H and O–H groups in total. The highest BCUT2D eigenvalue weighted by Gasteiger charge is 2.47. The zero-order chi connectivity index (χ0) is 15.1. The predicted molar refractivity (Wildman–Crippen MR) is 76.3 cm³/mol. The molecule has 1 aromatic heterocycles. The van der Waals surface area contributed by atoms with Gasteiger partial charge in [-0.15, -0.1) is 0 Å². The van der Waals surface area contributed by atoms with E-state index < -0.39 is 21.5 Å². The van der Waals surface area contributed by atoms with Crippen LogP contribution in [0.3, 0.4) is 0 Å². The summed E-state index contributed by atoms with van der Waals surface area (Å²) in [7, 11) is -3.94. The maximum Gasteiger partial charge on any atom is 0.324 e. The Morgan fingerprint density at radius 3 is 2.57 bits per heavy atom. The van der Waals surface area contributed by atoms with Gasteiger partial charge in [0.15, 0.2) is 0 Å². The smallest absolute Gasteiger partial charge is 0.324 e. The minimum absolute atomic E-state index is 0.00752. The molecule has 7 heteroatoms. The van der Waals surface area contributed by atoms with Crippen molar-refractivity contribution in [1.82, 2.24) is 9.71 Å². The Labute approximate surface area is 121 Å². The highest BCUT2D eigenvalue weighted by atomic mass is 32.2. The van der Waals surface area contributed by atoms with Crippen LogP contribution in [0.15, 0.2) is 41.4 Å². The molecule has 0 amide bonds. The number of aromatic nitrogens is 1. The number of benzene rings is 1. The lowest BCUT2D eigenvalue weighted by atomic mass is 9.78. The van der Waals surface area contributed by atoms with Gasteiger partial charge in [0.2, 0.25) is 10.0 Å². The Morgan fingerprint density at radius 2 is 1.95 bits per heavy atom. The number of hydrogen-bond acceptors (Lipinski definition) is 4. The number of fused-ring (bicyclic) bond motifs is 1. The summed E-state index contributed by atoms with van der Waals surface area (Å²) in [4.78, 5) is 15.4. The van der Waals surface area contributed by atoms with Gasteiger partial charge in [0.05, 0.1) is 5.52 Å². The van der Waals surface area contributed by atoms with Crippen LogP contribution in [0, 0.1) is 0 Å².